The van der Waals surface area contributed by atoms with Crippen LogP contribution in [0.1, 0.15) is 48.4 Å². The topological polar surface area (TPSA) is 41.6 Å². The molecule has 3 rings (SSSR count). The van der Waals surface area contributed by atoms with E-state index >= 15 is 0 Å². The summed E-state index contributed by atoms with van der Waals surface area (Å²) in [5.41, 5.74) is 4.72. The normalized spacial score (nSPS) is 15.8. The molecule has 150 valence electrons. The van der Waals surface area contributed by atoms with E-state index in [4.69, 9.17) is 4.74 Å². The van der Waals surface area contributed by atoms with Gasteiger partial charge in [-0.15, -0.1) is 0 Å². The molecule has 1 heterocycles. The van der Waals surface area contributed by atoms with Crippen molar-refractivity contribution in [1.29, 1.82) is 0 Å². The number of nitrogens with zero attached hydrogens (tertiary/aromatic N) is 1. The van der Waals surface area contributed by atoms with Gasteiger partial charge in [-0.1, -0.05) is 42.8 Å². The van der Waals surface area contributed by atoms with Gasteiger partial charge in [-0.25, -0.2) is 0 Å². The third-order valence-corrected chi connectivity index (χ3v) is 5.64. The lowest BCUT2D eigenvalue weighted by molar-refractivity contribution is -0.127. The number of piperidine rings is 1. The zero-order chi connectivity index (χ0) is 19.9. The molecule has 2 aromatic rings. The van der Waals surface area contributed by atoms with E-state index in [1.54, 1.807) is 6.92 Å². The van der Waals surface area contributed by atoms with E-state index in [0.717, 1.165) is 23.4 Å². The first-order chi connectivity index (χ1) is 13.5. The van der Waals surface area contributed by atoms with E-state index in [2.05, 4.69) is 28.4 Å². The molecular formula is C24H32N2O2. The predicted octanol–water partition coefficient (Wildman–Crippen LogP) is 4.37. The summed E-state index contributed by atoms with van der Waals surface area (Å²) in [4.78, 5) is 15.1. The number of likely N-dealkylation sites (tertiary alicyclic amines) is 1. The third kappa shape index (κ3) is 5.35. The fraction of sp³-hybridized carbons (Fsp3) is 0.458. The number of aryl methyl sites for hydroxylation is 1. The van der Waals surface area contributed by atoms with Crippen molar-refractivity contribution in [2.24, 2.45) is 0 Å². The van der Waals surface area contributed by atoms with Crippen LogP contribution in [-0.4, -0.2) is 30.0 Å². The van der Waals surface area contributed by atoms with Crippen molar-refractivity contribution in [2.75, 3.05) is 13.1 Å². The van der Waals surface area contributed by atoms with Gasteiger partial charge < -0.3 is 10.1 Å². The summed E-state index contributed by atoms with van der Waals surface area (Å²) in [7, 11) is 0. The van der Waals surface area contributed by atoms with Gasteiger partial charge in [-0.2, -0.15) is 0 Å². The minimum absolute atomic E-state index is 0.0892. The van der Waals surface area contributed by atoms with E-state index in [-0.39, 0.29) is 5.91 Å². The summed E-state index contributed by atoms with van der Waals surface area (Å²) in [6.07, 6.45) is 3.37. The van der Waals surface area contributed by atoms with Crippen molar-refractivity contribution < 1.29 is 9.53 Å². The first-order valence-electron chi connectivity index (χ1n) is 10.3. The van der Waals surface area contributed by atoms with E-state index in [0.29, 0.717) is 6.54 Å². The lowest BCUT2D eigenvalue weighted by atomic mass is 10.0. The highest BCUT2D eigenvalue weighted by Gasteiger charge is 2.17. The molecule has 1 fully saturated rings. The number of nitrogens with one attached hydrogen (secondary N) is 1. The molecule has 0 aliphatic carbocycles. The zero-order valence-corrected chi connectivity index (χ0v) is 17.3. The molecule has 0 saturated carbocycles. The Morgan fingerprint density at radius 1 is 1.04 bits per heavy atom. The van der Waals surface area contributed by atoms with E-state index in [1.165, 1.54) is 43.5 Å². The van der Waals surface area contributed by atoms with Crippen molar-refractivity contribution in [2.45, 2.75) is 59.2 Å². The lowest BCUT2D eigenvalue weighted by Gasteiger charge is -2.27. The number of hydrogen-bond donors (Lipinski definition) is 1. The maximum atomic E-state index is 12.6. The van der Waals surface area contributed by atoms with Gasteiger partial charge >= 0.3 is 0 Å². The Morgan fingerprint density at radius 3 is 2.50 bits per heavy atom. The molecule has 0 bridgehead atoms. The molecule has 1 atom stereocenters. The summed E-state index contributed by atoms with van der Waals surface area (Å²) < 4.78 is 5.91. The number of carbonyl (C=O) groups is 1. The lowest BCUT2D eigenvalue weighted by Crippen LogP contribution is -2.36. The molecule has 0 aromatic heterocycles. The largest absolute Gasteiger partial charge is 0.481 e. The van der Waals surface area contributed by atoms with Gasteiger partial charge in [0.1, 0.15) is 5.75 Å². The standard InChI is InChI=1S/C24H32N2O2/c1-18-10-9-13-23(19(18)2)28-20(3)24(27)25-16-21-11-5-6-12-22(21)17-26-14-7-4-8-15-26/h5-6,9-13,20H,4,7-8,14-17H2,1-3H3,(H,25,27)/t20-/m1/s1. The van der Waals surface area contributed by atoms with Crippen molar-refractivity contribution in [3.05, 3.63) is 64.7 Å². The van der Waals surface area contributed by atoms with Gasteiger partial charge in [-0.3, -0.25) is 9.69 Å². The Labute approximate surface area is 168 Å². The van der Waals surface area contributed by atoms with Crippen LogP contribution in [0.15, 0.2) is 42.5 Å². The second-order valence-corrected chi connectivity index (χ2v) is 7.78. The SMILES string of the molecule is Cc1cccc(O[C@H](C)C(=O)NCc2ccccc2CN2CCCCC2)c1C. The molecule has 1 saturated heterocycles. The van der Waals surface area contributed by atoms with Gasteiger partial charge in [0.25, 0.3) is 5.91 Å². The highest BCUT2D eigenvalue weighted by molar-refractivity contribution is 5.80. The second-order valence-electron chi connectivity index (χ2n) is 7.78. The first kappa shape index (κ1) is 20.4. The van der Waals surface area contributed by atoms with Gasteiger partial charge in [0, 0.05) is 13.1 Å². The zero-order valence-electron chi connectivity index (χ0n) is 17.3. The molecule has 0 spiro atoms. The summed E-state index contributed by atoms with van der Waals surface area (Å²) in [5.74, 6) is 0.682. The van der Waals surface area contributed by atoms with Crippen LogP contribution in [0.4, 0.5) is 0 Å². The Morgan fingerprint density at radius 2 is 1.75 bits per heavy atom. The van der Waals surface area contributed by atoms with Gasteiger partial charge in [0.2, 0.25) is 0 Å². The average molecular weight is 381 g/mol. The van der Waals surface area contributed by atoms with Gasteiger partial charge in [0.05, 0.1) is 0 Å². The maximum Gasteiger partial charge on any atom is 0.261 e. The summed E-state index contributed by atoms with van der Waals surface area (Å²) in [6, 6.07) is 14.3. The number of ether oxygens (including phenoxy) is 1. The number of hydrogen-bond acceptors (Lipinski definition) is 3. The van der Waals surface area contributed by atoms with E-state index < -0.39 is 6.10 Å². The van der Waals surface area contributed by atoms with Crippen molar-refractivity contribution in [3.63, 3.8) is 0 Å². The molecule has 1 N–H and O–H groups in total. The molecule has 1 aliphatic heterocycles. The van der Waals surface area contributed by atoms with Crippen molar-refractivity contribution in [3.8, 4) is 5.75 Å². The molecule has 0 radical (unpaired) electrons. The number of rotatable bonds is 7. The fourth-order valence-electron chi connectivity index (χ4n) is 3.66. The molecule has 4 nitrogen and oxygen atoms in total. The molecule has 2 aromatic carbocycles. The van der Waals surface area contributed by atoms with Crippen LogP contribution < -0.4 is 10.1 Å². The smallest absolute Gasteiger partial charge is 0.261 e. The van der Waals surface area contributed by atoms with Crippen LogP contribution >= 0.6 is 0 Å². The number of carbonyl (C=O) groups excluding carboxylic acids is 1. The van der Waals surface area contributed by atoms with Crippen LogP contribution in [0.2, 0.25) is 0 Å². The number of benzene rings is 2. The monoisotopic (exact) mass is 380 g/mol. The molecule has 1 aliphatic rings. The third-order valence-electron chi connectivity index (χ3n) is 5.64. The van der Waals surface area contributed by atoms with Gasteiger partial charge in [0.15, 0.2) is 6.10 Å². The molecule has 28 heavy (non-hydrogen) atoms. The first-order valence-corrected chi connectivity index (χ1v) is 10.3. The summed E-state index contributed by atoms with van der Waals surface area (Å²) in [6.45, 7) is 9.70. The fourth-order valence-corrected chi connectivity index (χ4v) is 3.66. The highest BCUT2D eigenvalue weighted by atomic mass is 16.5. The van der Waals surface area contributed by atoms with Crippen molar-refractivity contribution >= 4 is 5.91 Å². The van der Waals surface area contributed by atoms with E-state index in [9.17, 15) is 4.79 Å². The minimum Gasteiger partial charge on any atom is -0.481 e. The molecule has 4 heteroatoms. The highest BCUT2D eigenvalue weighted by Crippen LogP contribution is 2.22. The Balaban J connectivity index is 1.57. The minimum atomic E-state index is -0.533. The van der Waals surface area contributed by atoms with Crippen LogP contribution in [0.5, 0.6) is 5.75 Å². The quantitative estimate of drug-likeness (QED) is 0.775. The molecular weight excluding hydrogens is 348 g/mol. The molecule has 1 amide bonds. The second kappa shape index (κ2) is 9.74. The Hall–Kier alpha value is -2.33. The van der Waals surface area contributed by atoms with Crippen LogP contribution in [0.25, 0.3) is 0 Å². The van der Waals surface area contributed by atoms with Crippen LogP contribution in [-0.2, 0) is 17.9 Å². The summed E-state index contributed by atoms with van der Waals surface area (Å²) >= 11 is 0. The average Bonchev–Trinajstić information content (AvgIpc) is 2.71. The van der Waals surface area contributed by atoms with Crippen LogP contribution in [0.3, 0.4) is 0 Å². The summed E-state index contributed by atoms with van der Waals surface area (Å²) in [5, 5.41) is 3.05. The predicted molar refractivity (Wildman–Crippen MR) is 113 cm³/mol. The Bertz CT molecular complexity index is 797. The maximum absolute atomic E-state index is 12.6. The van der Waals surface area contributed by atoms with Crippen LogP contribution in [0, 0.1) is 13.8 Å². The Kier molecular flexibility index (Phi) is 7.10. The van der Waals surface area contributed by atoms with Crippen molar-refractivity contribution in [1.82, 2.24) is 10.2 Å². The number of amides is 1. The van der Waals surface area contributed by atoms with E-state index in [1.807, 2.05) is 38.1 Å². The molecule has 0 unspecified atom stereocenters. The van der Waals surface area contributed by atoms with Gasteiger partial charge in [-0.05, 0) is 75.0 Å².